The largest absolute Gasteiger partial charge is 0.329 e. The van der Waals surface area contributed by atoms with Crippen LogP contribution in [0, 0.1) is 5.92 Å². The van der Waals surface area contributed by atoms with Gasteiger partial charge in [-0.25, -0.2) is 9.78 Å². The van der Waals surface area contributed by atoms with Crippen molar-refractivity contribution in [3.8, 4) is 0 Å². The van der Waals surface area contributed by atoms with Gasteiger partial charge in [-0.3, -0.25) is 4.57 Å². The molecule has 1 aliphatic carbocycles. The highest BCUT2D eigenvalue weighted by molar-refractivity contribution is 5.77. The second kappa shape index (κ2) is 4.04. The second-order valence-corrected chi connectivity index (χ2v) is 4.53. The highest BCUT2D eigenvalue weighted by Crippen LogP contribution is 2.28. The number of hydrogen-bond donors (Lipinski definition) is 0. The van der Waals surface area contributed by atoms with Gasteiger partial charge in [-0.2, -0.15) is 0 Å². The summed E-state index contributed by atoms with van der Waals surface area (Å²) < 4.78 is 1.56. The summed E-state index contributed by atoms with van der Waals surface area (Å²) in [5.74, 6) is 0.512. The third-order valence-electron chi connectivity index (χ3n) is 2.52. The molecule has 0 bridgehead atoms. The Morgan fingerprint density at radius 2 is 2.33 bits per heavy atom. The minimum Gasteiger partial charge on any atom is -0.321 e. The van der Waals surface area contributed by atoms with Crippen molar-refractivity contribution in [1.82, 2.24) is 14.5 Å². The Labute approximate surface area is 89.9 Å². The van der Waals surface area contributed by atoms with Gasteiger partial charge >= 0.3 is 6.03 Å². The van der Waals surface area contributed by atoms with E-state index >= 15 is 0 Å². The molecule has 1 aromatic rings. The zero-order valence-corrected chi connectivity index (χ0v) is 9.26. The number of rotatable bonds is 3. The summed E-state index contributed by atoms with van der Waals surface area (Å²) in [6.45, 7) is 5.11. The van der Waals surface area contributed by atoms with Crippen LogP contribution in [0.2, 0.25) is 0 Å². The van der Waals surface area contributed by atoms with Crippen LogP contribution in [0.4, 0.5) is 4.79 Å². The van der Waals surface area contributed by atoms with Crippen molar-refractivity contribution in [2.75, 3.05) is 6.54 Å². The average molecular weight is 207 g/mol. The first-order chi connectivity index (χ1) is 7.18. The number of amides is 1. The molecule has 1 saturated carbocycles. The first-order valence-corrected chi connectivity index (χ1v) is 5.47. The topological polar surface area (TPSA) is 38.1 Å². The van der Waals surface area contributed by atoms with Crippen molar-refractivity contribution in [3.05, 3.63) is 18.7 Å². The molecule has 1 aliphatic rings. The summed E-state index contributed by atoms with van der Waals surface area (Å²) in [6.07, 6.45) is 7.20. The van der Waals surface area contributed by atoms with Crippen LogP contribution in [-0.2, 0) is 0 Å². The normalized spacial score (nSPS) is 15.7. The molecule has 0 unspecified atom stereocenters. The summed E-state index contributed by atoms with van der Waals surface area (Å²) in [7, 11) is 0. The lowest BCUT2D eigenvalue weighted by Gasteiger charge is -2.24. The fourth-order valence-corrected chi connectivity index (χ4v) is 1.68. The van der Waals surface area contributed by atoms with Crippen LogP contribution in [0.5, 0.6) is 0 Å². The molecule has 0 N–H and O–H groups in total. The fraction of sp³-hybridized carbons (Fsp3) is 0.636. The van der Waals surface area contributed by atoms with Gasteiger partial charge in [-0.05, 0) is 18.8 Å². The monoisotopic (exact) mass is 207 g/mol. The molecule has 15 heavy (non-hydrogen) atoms. The summed E-state index contributed by atoms with van der Waals surface area (Å²) in [5, 5.41) is 0. The first-order valence-electron chi connectivity index (χ1n) is 5.47. The Morgan fingerprint density at radius 1 is 1.60 bits per heavy atom. The number of aromatic nitrogens is 2. The summed E-state index contributed by atoms with van der Waals surface area (Å²) in [6, 6.07) is 0.519. The van der Waals surface area contributed by atoms with E-state index in [9.17, 15) is 4.79 Å². The first kappa shape index (κ1) is 10.2. The molecule has 1 heterocycles. The molecule has 0 aliphatic heterocycles. The van der Waals surface area contributed by atoms with Crippen molar-refractivity contribution >= 4 is 6.03 Å². The molecule has 4 heteroatoms. The van der Waals surface area contributed by atoms with Crippen LogP contribution >= 0.6 is 0 Å². The van der Waals surface area contributed by atoms with Crippen molar-refractivity contribution in [2.45, 2.75) is 32.7 Å². The molecule has 1 amide bonds. The van der Waals surface area contributed by atoms with E-state index < -0.39 is 0 Å². The summed E-state index contributed by atoms with van der Waals surface area (Å²) in [4.78, 5) is 17.9. The van der Waals surface area contributed by atoms with E-state index in [2.05, 4.69) is 18.8 Å². The molecule has 0 radical (unpaired) electrons. The Morgan fingerprint density at radius 3 is 2.80 bits per heavy atom. The quantitative estimate of drug-likeness (QED) is 0.760. The van der Waals surface area contributed by atoms with Crippen molar-refractivity contribution in [2.24, 2.45) is 5.92 Å². The van der Waals surface area contributed by atoms with Crippen LogP contribution in [0.15, 0.2) is 18.7 Å². The molecule has 0 atom stereocenters. The third-order valence-corrected chi connectivity index (χ3v) is 2.52. The van der Waals surface area contributed by atoms with Gasteiger partial charge in [0.1, 0.15) is 6.33 Å². The van der Waals surface area contributed by atoms with Gasteiger partial charge in [0.2, 0.25) is 0 Å². The maximum atomic E-state index is 12.1. The molecule has 82 valence electrons. The minimum absolute atomic E-state index is 0.0590. The number of nitrogens with zero attached hydrogens (tertiary/aromatic N) is 3. The van der Waals surface area contributed by atoms with Crippen LogP contribution in [-0.4, -0.2) is 33.1 Å². The Hall–Kier alpha value is -1.32. The van der Waals surface area contributed by atoms with Gasteiger partial charge < -0.3 is 4.90 Å². The lowest BCUT2D eigenvalue weighted by atomic mass is 10.2. The molecule has 1 aromatic heterocycles. The van der Waals surface area contributed by atoms with E-state index in [4.69, 9.17) is 0 Å². The van der Waals surface area contributed by atoms with Crippen LogP contribution in [0.3, 0.4) is 0 Å². The van der Waals surface area contributed by atoms with Crippen LogP contribution < -0.4 is 0 Å². The van der Waals surface area contributed by atoms with Crippen molar-refractivity contribution in [1.29, 1.82) is 0 Å². The molecule has 4 nitrogen and oxygen atoms in total. The fourth-order valence-electron chi connectivity index (χ4n) is 1.68. The van der Waals surface area contributed by atoms with E-state index in [1.54, 1.807) is 23.3 Å². The Kier molecular flexibility index (Phi) is 2.75. The highest BCUT2D eigenvalue weighted by Gasteiger charge is 2.33. The zero-order chi connectivity index (χ0) is 10.8. The van der Waals surface area contributed by atoms with Gasteiger partial charge in [-0.1, -0.05) is 13.8 Å². The van der Waals surface area contributed by atoms with E-state index in [1.807, 2.05) is 4.90 Å². The number of hydrogen-bond acceptors (Lipinski definition) is 2. The number of carbonyl (C=O) groups is 1. The minimum atomic E-state index is 0.0590. The predicted octanol–water partition coefficient (Wildman–Crippen LogP) is 1.97. The molecule has 2 rings (SSSR count). The SMILES string of the molecule is CC(C)CN(C(=O)n1ccnc1)C1CC1. The van der Waals surface area contributed by atoms with E-state index in [0.717, 1.165) is 19.4 Å². The summed E-state index contributed by atoms with van der Waals surface area (Å²) in [5.41, 5.74) is 0. The Balaban J connectivity index is 2.07. The molecule has 0 saturated heterocycles. The van der Waals surface area contributed by atoms with Crippen molar-refractivity contribution < 1.29 is 4.79 Å². The average Bonchev–Trinajstić information content (AvgIpc) is 2.88. The summed E-state index contributed by atoms with van der Waals surface area (Å²) >= 11 is 0. The number of imidazole rings is 1. The molecular formula is C11H17N3O. The maximum absolute atomic E-state index is 12.1. The maximum Gasteiger partial charge on any atom is 0.329 e. The lowest BCUT2D eigenvalue weighted by Crippen LogP contribution is -2.38. The van der Waals surface area contributed by atoms with Gasteiger partial charge in [-0.15, -0.1) is 0 Å². The Bertz CT molecular complexity index is 328. The standard InChI is InChI=1S/C11H17N3O/c1-9(2)7-14(10-3-4-10)11(15)13-6-5-12-8-13/h5-6,8-10H,3-4,7H2,1-2H3. The smallest absolute Gasteiger partial charge is 0.321 e. The van der Waals surface area contributed by atoms with Gasteiger partial charge in [0.15, 0.2) is 0 Å². The highest BCUT2D eigenvalue weighted by atomic mass is 16.2. The van der Waals surface area contributed by atoms with Gasteiger partial charge in [0.25, 0.3) is 0 Å². The van der Waals surface area contributed by atoms with E-state index in [1.165, 1.54) is 0 Å². The zero-order valence-electron chi connectivity index (χ0n) is 9.26. The van der Waals surface area contributed by atoms with E-state index in [-0.39, 0.29) is 6.03 Å². The molecule has 1 fully saturated rings. The number of carbonyl (C=O) groups excluding carboxylic acids is 1. The van der Waals surface area contributed by atoms with E-state index in [0.29, 0.717) is 12.0 Å². The lowest BCUT2D eigenvalue weighted by molar-refractivity contribution is 0.189. The third kappa shape index (κ3) is 2.37. The molecule has 0 spiro atoms. The van der Waals surface area contributed by atoms with Gasteiger partial charge in [0, 0.05) is 25.0 Å². The predicted molar refractivity (Wildman–Crippen MR) is 57.6 cm³/mol. The van der Waals surface area contributed by atoms with Crippen molar-refractivity contribution in [3.63, 3.8) is 0 Å². The second-order valence-electron chi connectivity index (χ2n) is 4.53. The van der Waals surface area contributed by atoms with Crippen LogP contribution in [0.25, 0.3) is 0 Å². The molecular weight excluding hydrogens is 190 g/mol. The molecule has 0 aromatic carbocycles. The van der Waals surface area contributed by atoms with Crippen LogP contribution in [0.1, 0.15) is 26.7 Å². The van der Waals surface area contributed by atoms with Gasteiger partial charge in [0.05, 0.1) is 0 Å².